The van der Waals surface area contributed by atoms with Crippen LogP contribution in [0, 0.1) is 0 Å². The number of ether oxygens (including phenoxy) is 2. The standard InChI is InChI=1S/C14H20N4O2S/c1-3-9-8-10-11(18-15)16-13(17-12(10)21-9)14(19-2)4-6-20-7-5-14/h8H,3-7,15H2,1-2H3,(H,16,17,18). The van der Waals surface area contributed by atoms with Gasteiger partial charge in [0.15, 0.2) is 11.6 Å². The Kier molecular flexibility index (Phi) is 4.08. The lowest BCUT2D eigenvalue weighted by molar-refractivity contribution is -0.0997. The van der Waals surface area contributed by atoms with E-state index < -0.39 is 5.60 Å². The molecule has 0 bridgehead atoms. The first-order chi connectivity index (χ1) is 10.2. The second kappa shape index (κ2) is 5.84. The highest BCUT2D eigenvalue weighted by Crippen LogP contribution is 2.37. The summed E-state index contributed by atoms with van der Waals surface area (Å²) in [4.78, 5) is 11.6. The highest BCUT2D eigenvalue weighted by atomic mass is 32.1. The number of hydrogen-bond acceptors (Lipinski definition) is 7. The van der Waals surface area contributed by atoms with Crippen LogP contribution in [0.3, 0.4) is 0 Å². The van der Waals surface area contributed by atoms with Crippen molar-refractivity contribution in [2.24, 2.45) is 5.84 Å². The highest BCUT2D eigenvalue weighted by Gasteiger charge is 2.38. The molecule has 3 rings (SSSR count). The van der Waals surface area contributed by atoms with Crippen molar-refractivity contribution in [1.29, 1.82) is 0 Å². The van der Waals surface area contributed by atoms with Crippen LogP contribution < -0.4 is 11.3 Å². The van der Waals surface area contributed by atoms with E-state index in [-0.39, 0.29) is 0 Å². The molecule has 0 atom stereocenters. The fourth-order valence-electron chi connectivity index (χ4n) is 2.68. The van der Waals surface area contributed by atoms with Gasteiger partial charge in [0.05, 0.1) is 5.39 Å². The Morgan fingerprint density at radius 3 is 2.81 bits per heavy atom. The van der Waals surface area contributed by atoms with Crippen LogP contribution in [-0.2, 0) is 21.5 Å². The zero-order valence-electron chi connectivity index (χ0n) is 12.3. The fourth-order valence-corrected chi connectivity index (χ4v) is 3.65. The number of fused-ring (bicyclic) bond motifs is 1. The Hall–Kier alpha value is -1.28. The van der Waals surface area contributed by atoms with Crippen LogP contribution in [0.25, 0.3) is 10.2 Å². The quantitative estimate of drug-likeness (QED) is 0.665. The third kappa shape index (κ3) is 2.50. The number of aryl methyl sites for hydroxylation is 1. The lowest BCUT2D eigenvalue weighted by Crippen LogP contribution is -2.37. The second-order valence-corrected chi connectivity index (χ2v) is 6.25. The first-order valence-corrected chi connectivity index (χ1v) is 7.94. The SMILES string of the molecule is CCc1cc2c(NN)nc(C3(OC)CCOCC3)nc2s1. The minimum Gasteiger partial charge on any atom is -0.381 e. The zero-order valence-corrected chi connectivity index (χ0v) is 13.1. The van der Waals surface area contributed by atoms with Crippen molar-refractivity contribution in [2.45, 2.75) is 31.8 Å². The summed E-state index contributed by atoms with van der Waals surface area (Å²) in [6, 6.07) is 2.10. The van der Waals surface area contributed by atoms with Crippen molar-refractivity contribution < 1.29 is 9.47 Å². The first kappa shape index (κ1) is 14.6. The van der Waals surface area contributed by atoms with Gasteiger partial charge in [-0.25, -0.2) is 15.8 Å². The number of nitrogens with one attached hydrogen (secondary N) is 1. The van der Waals surface area contributed by atoms with E-state index in [2.05, 4.69) is 23.4 Å². The lowest BCUT2D eigenvalue weighted by Gasteiger charge is -2.34. The summed E-state index contributed by atoms with van der Waals surface area (Å²) < 4.78 is 11.2. The molecule has 7 heteroatoms. The minimum absolute atomic E-state index is 0.478. The van der Waals surface area contributed by atoms with Crippen LogP contribution in [0.1, 0.15) is 30.5 Å². The van der Waals surface area contributed by atoms with Gasteiger partial charge in [-0.15, -0.1) is 11.3 Å². The third-order valence-corrected chi connectivity index (χ3v) is 5.20. The topological polar surface area (TPSA) is 82.3 Å². The van der Waals surface area contributed by atoms with E-state index in [1.807, 2.05) is 0 Å². The van der Waals surface area contributed by atoms with Gasteiger partial charge in [-0.3, -0.25) is 0 Å². The molecule has 3 N–H and O–H groups in total. The molecule has 1 aliphatic rings. The predicted molar refractivity (Wildman–Crippen MR) is 83.3 cm³/mol. The van der Waals surface area contributed by atoms with Gasteiger partial charge < -0.3 is 14.9 Å². The van der Waals surface area contributed by atoms with Gasteiger partial charge >= 0.3 is 0 Å². The van der Waals surface area contributed by atoms with E-state index in [0.717, 1.165) is 29.5 Å². The average Bonchev–Trinajstić information content (AvgIpc) is 2.97. The van der Waals surface area contributed by atoms with Gasteiger partial charge in [0.1, 0.15) is 10.4 Å². The van der Waals surface area contributed by atoms with Crippen molar-refractivity contribution >= 4 is 27.4 Å². The number of anilines is 1. The minimum atomic E-state index is -0.478. The number of nitrogens with zero attached hydrogens (tertiary/aromatic N) is 2. The van der Waals surface area contributed by atoms with Gasteiger partial charge in [0, 0.05) is 38.0 Å². The number of hydrogen-bond donors (Lipinski definition) is 2. The molecule has 3 heterocycles. The molecular formula is C14H20N4O2S. The molecule has 0 radical (unpaired) electrons. The van der Waals surface area contributed by atoms with Crippen LogP contribution in [-0.4, -0.2) is 30.3 Å². The summed E-state index contributed by atoms with van der Waals surface area (Å²) in [6.45, 7) is 3.44. The maximum absolute atomic E-state index is 5.78. The Balaban J connectivity index is 2.13. The van der Waals surface area contributed by atoms with Gasteiger partial charge in [-0.2, -0.15) is 0 Å². The Bertz CT molecular complexity index is 637. The molecule has 0 aliphatic carbocycles. The zero-order chi connectivity index (χ0) is 14.9. The summed E-state index contributed by atoms with van der Waals surface area (Å²) in [5.74, 6) is 7.00. The van der Waals surface area contributed by atoms with Crippen LogP contribution in [0.4, 0.5) is 5.82 Å². The number of nitrogen functional groups attached to an aromatic ring is 1. The van der Waals surface area contributed by atoms with Crippen molar-refractivity contribution in [3.63, 3.8) is 0 Å². The molecule has 0 aromatic carbocycles. The maximum Gasteiger partial charge on any atom is 0.164 e. The summed E-state index contributed by atoms with van der Waals surface area (Å²) >= 11 is 1.68. The average molecular weight is 308 g/mol. The summed E-state index contributed by atoms with van der Waals surface area (Å²) in [7, 11) is 1.71. The fraction of sp³-hybridized carbons (Fsp3) is 0.571. The lowest BCUT2D eigenvalue weighted by atomic mass is 9.93. The molecule has 0 unspecified atom stereocenters. The maximum atomic E-state index is 5.78. The van der Waals surface area contributed by atoms with Gasteiger partial charge in [-0.1, -0.05) is 6.92 Å². The predicted octanol–water partition coefficient (Wildman–Crippen LogP) is 2.19. The molecule has 0 saturated carbocycles. The van der Waals surface area contributed by atoms with Crippen molar-refractivity contribution in [2.75, 3.05) is 25.7 Å². The summed E-state index contributed by atoms with van der Waals surface area (Å²) in [5.41, 5.74) is 2.22. The molecule has 1 saturated heterocycles. The molecule has 21 heavy (non-hydrogen) atoms. The van der Waals surface area contributed by atoms with Crippen molar-refractivity contribution in [1.82, 2.24) is 9.97 Å². The first-order valence-electron chi connectivity index (χ1n) is 7.13. The second-order valence-electron chi connectivity index (χ2n) is 5.14. The molecule has 2 aromatic rings. The third-order valence-electron chi connectivity index (χ3n) is 4.03. The molecular weight excluding hydrogens is 288 g/mol. The smallest absolute Gasteiger partial charge is 0.164 e. The van der Waals surface area contributed by atoms with Gasteiger partial charge in [0.25, 0.3) is 0 Å². The number of rotatable bonds is 4. The number of thiophene rings is 1. The molecule has 0 amide bonds. The van der Waals surface area contributed by atoms with E-state index in [0.29, 0.717) is 24.9 Å². The molecule has 1 fully saturated rings. The Morgan fingerprint density at radius 2 is 2.19 bits per heavy atom. The molecule has 6 nitrogen and oxygen atoms in total. The van der Waals surface area contributed by atoms with Crippen LogP contribution >= 0.6 is 11.3 Å². The van der Waals surface area contributed by atoms with Crippen LogP contribution in [0.15, 0.2) is 6.07 Å². The largest absolute Gasteiger partial charge is 0.381 e. The van der Waals surface area contributed by atoms with Crippen molar-refractivity contribution in [3.8, 4) is 0 Å². The normalized spacial score (nSPS) is 18.0. The number of methoxy groups -OCH3 is 1. The summed E-state index contributed by atoms with van der Waals surface area (Å²) in [5, 5.41) is 0.974. The van der Waals surface area contributed by atoms with Gasteiger partial charge in [0.2, 0.25) is 0 Å². The van der Waals surface area contributed by atoms with E-state index in [1.165, 1.54) is 4.88 Å². The molecule has 0 spiro atoms. The number of hydrazine groups is 1. The Morgan fingerprint density at radius 1 is 1.43 bits per heavy atom. The van der Waals surface area contributed by atoms with E-state index in [9.17, 15) is 0 Å². The van der Waals surface area contributed by atoms with Crippen LogP contribution in [0.2, 0.25) is 0 Å². The summed E-state index contributed by atoms with van der Waals surface area (Å²) in [6.07, 6.45) is 2.49. The van der Waals surface area contributed by atoms with E-state index in [1.54, 1.807) is 18.4 Å². The van der Waals surface area contributed by atoms with Crippen molar-refractivity contribution in [3.05, 3.63) is 16.8 Å². The van der Waals surface area contributed by atoms with Gasteiger partial charge in [-0.05, 0) is 12.5 Å². The number of aromatic nitrogens is 2. The molecule has 2 aromatic heterocycles. The van der Waals surface area contributed by atoms with E-state index in [4.69, 9.17) is 20.3 Å². The van der Waals surface area contributed by atoms with E-state index >= 15 is 0 Å². The monoisotopic (exact) mass is 308 g/mol. The van der Waals surface area contributed by atoms with Crippen LogP contribution in [0.5, 0.6) is 0 Å². The molecule has 114 valence electrons. The highest BCUT2D eigenvalue weighted by molar-refractivity contribution is 7.18. The molecule has 1 aliphatic heterocycles. The number of nitrogens with two attached hydrogens (primary N) is 1. The Labute approximate surface area is 127 Å².